The Morgan fingerprint density at radius 1 is 1.41 bits per heavy atom. The highest BCUT2D eigenvalue weighted by Crippen LogP contribution is 2.34. The molecule has 1 saturated heterocycles. The minimum absolute atomic E-state index is 0.498. The lowest BCUT2D eigenvalue weighted by Crippen LogP contribution is -2.46. The summed E-state index contributed by atoms with van der Waals surface area (Å²) in [5.74, 6) is 2.30. The van der Waals surface area contributed by atoms with Crippen LogP contribution in [0.5, 0.6) is 0 Å². The largest absolute Gasteiger partial charge is 0.352 e. The van der Waals surface area contributed by atoms with Gasteiger partial charge >= 0.3 is 0 Å². The van der Waals surface area contributed by atoms with Crippen molar-refractivity contribution in [3.63, 3.8) is 0 Å². The fraction of sp³-hybridized carbons (Fsp3) is 0.615. The second-order valence-corrected chi connectivity index (χ2v) is 6.49. The molecule has 0 N–H and O–H groups in total. The van der Waals surface area contributed by atoms with Crippen LogP contribution in [-0.4, -0.2) is 17.6 Å². The van der Waals surface area contributed by atoms with E-state index in [0.717, 1.165) is 21.9 Å². The Morgan fingerprint density at radius 3 is 2.76 bits per heavy atom. The number of nitrogens with zero attached hydrogens (tertiary/aromatic N) is 2. The zero-order valence-electron chi connectivity index (χ0n) is 10.5. The van der Waals surface area contributed by atoms with Gasteiger partial charge in [-0.1, -0.05) is 25.4 Å². The first kappa shape index (κ1) is 13.2. The molecule has 0 bridgehead atoms. The van der Waals surface area contributed by atoms with Crippen molar-refractivity contribution < 1.29 is 0 Å². The molecule has 1 aromatic heterocycles. The van der Waals surface area contributed by atoms with E-state index in [1.165, 1.54) is 6.42 Å². The highest BCUT2D eigenvalue weighted by Gasteiger charge is 2.30. The SMILES string of the molecule is CC1CC(C)C(C)N(c2ncc(Br)cc2Cl)C1. The maximum atomic E-state index is 6.29. The second-order valence-electron chi connectivity index (χ2n) is 5.17. The van der Waals surface area contributed by atoms with Gasteiger partial charge in [0.05, 0.1) is 5.02 Å². The van der Waals surface area contributed by atoms with Crippen molar-refractivity contribution in [1.82, 2.24) is 4.98 Å². The fourth-order valence-electron chi connectivity index (χ4n) is 2.61. The summed E-state index contributed by atoms with van der Waals surface area (Å²) in [7, 11) is 0. The van der Waals surface area contributed by atoms with E-state index in [-0.39, 0.29) is 0 Å². The van der Waals surface area contributed by atoms with Crippen LogP contribution < -0.4 is 4.90 Å². The normalized spacial score (nSPS) is 29.5. The van der Waals surface area contributed by atoms with Crippen molar-refractivity contribution in [3.05, 3.63) is 21.8 Å². The number of halogens is 2. The summed E-state index contributed by atoms with van der Waals surface area (Å²) in [4.78, 5) is 6.81. The highest BCUT2D eigenvalue weighted by molar-refractivity contribution is 9.10. The van der Waals surface area contributed by atoms with Crippen molar-refractivity contribution in [1.29, 1.82) is 0 Å². The predicted octanol–water partition coefficient (Wildman–Crippen LogP) is 4.37. The molecule has 1 aliphatic rings. The predicted molar refractivity (Wildman–Crippen MR) is 76.7 cm³/mol. The number of rotatable bonds is 1. The third-order valence-corrected chi connectivity index (χ3v) is 4.37. The zero-order chi connectivity index (χ0) is 12.6. The highest BCUT2D eigenvalue weighted by atomic mass is 79.9. The summed E-state index contributed by atoms with van der Waals surface area (Å²) in [6.07, 6.45) is 3.10. The minimum Gasteiger partial charge on any atom is -0.352 e. The first-order valence-electron chi connectivity index (χ1n) is 6.06. The van der Waals surface area contributed by atoms with Gasteiger partial charge in [-0.05, 0) is 47.2 Å². The smallest absolute Gasteiger partial charge is 0.147 e. The van der Waals surface area contributed by atoms with E-state index < -0.39 is 0 Å². The summed E-state index contributed by atoms with van der Waals surface area (Å²) in [5, 5.41) is 0.729. The molecule has 1 fully saturated rings. The number of aromatic nitrogens is 1. The lowest BCUT2D eigenvalue weighted by molar-refractivity contribution is 0.295. The lowest BCUT2D eigenvalue weighted by atomic mass is 9.86. The molecule has 94 valence electrons. The lowest BCUT2D eigenvalue weighted by Gasteiger charge is -2.42. The number of piperidine rings is 1. The van der Waals surface area contributed by atoms with Gasteiger partial charge in [-0.15, -0.1) is 0 Å². The summed E-state index contributed by atoms with van der Waals surface area (Å²) in [5.41, 5.74) is 0. The van der Waals surface area contributed by atoms with E-state index in [0.29, 0.717) is 17.9 Å². The van der Waals surface area contributed by atoms with Gasteiger partial charge in [0, 0.05) is 23.3 Å². The molecule has 0 spiro atoms. The maximum absolute atomic E-state index is 6.29. The molecule has 0 aliphatic carbocycles. The third-order valence-electron chi connectivity index (χ3n) is 3.66. The first-order chi connectivity index (χ1) is 7.99. The van der Waals surface area contributed by atoms with Gasteiger partial charge in [0.1, 0.15) is 5.82 Å². The van der Waals surface area contributed by atoms with Crippen LogP contribution in [0.15, 0.2) is 16.7 Å². The standard InChI is InChI=1S/C13H18BrClN2/c1-8-4-9(2)10(3)17(7-8)13-12(15)5-11(14)6-16-13/h5-6,8-10H,4,7H2,1-3H3. The van der Waals surface area contributed by atoms with Crippen molar-refractivity contribution >= 4 is 33.3 Å². The molecule has 0 aromatic carbocycles. The molecular formula is C13H18BrClN2. The number of hydrogen-bond donors (Lipinski definition) is 0. The molecule has 0 radical (unpaired) electrons. The zero-order valence-corrected chi connectivity index (χ0v) is 12.8. The summed E-state index contributed by atoms with van der Waals surface area (Å²) in [6.45, 7) is 7.90. The van der Waals surface area contributed by atoms with Crippen molar-refractivity contribution in [2.24, 2.45) is 11.8 Å². The molecule has 2 heterocycles. The van der Waals surface area contributed by atoms with E-state index in [9.17, 15) is 0 Å². The van der Waals surface area contributed by atoms with Crippen LogP contribution in [0.3, 0.4) is 0 Å². The van der Waals surface area contributed by atoms with Crippen LogP contribution in [0, 0.1) is 11.8 Å². The molecule has 1 aromatic rings. The summed E-state index contributed by atoms with van der Waals surface area (Å²) < 4.78 is 0.928. The number of hydrogen-bond acceptors (Lipinski definition) is 2. The molecule has 3 unspecified atom stereocenters. The number of anilines is 1. The topological polar surface area (TPSA) is 16.1 Å². The van der Waals surface area contributed by atoms with Crippen LogP contribution >= 0.6 is 27.5 Å². The molecule has 4 heteroatoms. The molecule has 0 amide bonds. The number of pyridine rings is 1. The molecule has 0 saturated carbocycles. The van der Waals surface area contributed by atoms with E-state index in [2.05, 4.69) is 46.6 Å². The Labute approximate surface area is 116 Å². The third kappa shape index (κ3) is 2.76. The van der Waals surface area contributed by atoms with Crippen LogP contribution in [-0.2, 0) is 0 Å². The molecular weight excluding hydrogens is 300 g/mol. The molecule has 17 heavy (non-hydrogen) atoms. The van der Waals surface area contributed by atoms with Crippen LogP contribution in [0.4, 0.5) is 5.82 Å². The van der Waals surface area contributed by atoms with Gasteiger partial charge in [-0.25, -0.2) is 4.98 Å². The van der Waals surface area contributed by atoms with Gasteiger partial charge < -0.3 is 4.90 Å². The van der Waals surface area contributed by atoms with E-state index in [4.69, 9.17) is 11.6 Å². The van der Waals surface area contributed by atoms with Crippen LogP contribution in [0.2, 0.25) is 5.02 Å². The summed E-state index contributed by atoms with van der Waals surface area (Å²) in [6, 6.07) is 2.41. The first-order valence-corrected chi connectivity index (χ1v) is 7.23. The molecule has 1 aliphatic heterocycles. The van der Waals surface area contributed by atoms with E-state index in [1.54, 1.807) is 0 Å². The Hall–Kier alpha value is -0.280. The maximum Gasteiger partial charge on any atom is 0.147 e. The Kier molecular flexibility index (Phi) is 3.99. The minimum atomic E-state index is 0.498. The van der Waals surface area contributed by atoms with Crippen molar-refractivity contribution in [2.75, 3.05) is 11.4 Å². The van der Waals surface area contributed by atoms with E-state index in [1.807, 2.05) is 12.3 Å². The average Bonchev–Trinajstić information content (AvgIpc) is 2.24. The Balaban J connectivity index is 2.31. The van der Waals surface area contributed by atoms with Gasteiger partial charge in [0.25, 0.3) is 0 Å². The van der Waals surface area contributed by atoms with Gasteiger partial charge in [-0.2, -0.15) is 0 Å². The summed E-state index contributed by atoms with van der Waals surface area (Å²) >= 11 is 9.68. The Bertz CT molecular complexity index is 410. The average molecular weight is 318 g/mol. The van der Waals surface area contributed by atoms with E-state index >= 15 is 0 Å². The van der Waals surface area contributed by atoms with Crippen molar-refractivity contribution in [2.45, 2.75) is 33.2 Å². The van der Waals surface area contributed by atoms with Crippen molar-refractivity contribution in [3.8, 4) is 0 Å². The quantitative estimate of drug-likeness (QED) is 0.764. The fourth-order valence-corrected chi connectivity index (χ4v) is 3.35. The van der Waals surface area contributed by atoms with Crippen LogP contribution in [0.25, 0.3) is 0 Å². The monoisotopic (exact) mass is 316 g/mol. The second kappa shape index (κ2) is 5.15. The molecule has 3 atom stereocenters. The van der Waals surface area contributed by atoms with Gasteiger partial charge in [-0.3, -0.25) is 0 Å². The Morgan fingerprint density at radius 2 is 2.12 bits per heavy atom. The van der Waals surface area contributed by atoms with Gasteiger partial charge in [0.15, 0.2) is 0 Å². The van der Waals surface area contributed by atoms with Gasteiger partial charge in [0.2, 0.25) is 0 Å². The van der Waals surface area contributed by atoms with Crippen LogP contribution in [0.1, 0.15) is 27.2 Å². The molecule has 2 rings (SSSR count). The molecule has 2 nitrogen and oxygen atoms in total.